The van der Waals surface area contributed by atoms with E-state index >= 15 is 0 Å². The number of nitrogens with one attached hydrogen (secondary N) is 1. The normalized spacial score (nSPS) is 12.3. The van der Waals surface area contributed by atoms with Crippen LogP contribution in [-0.2, 0) is 19.1 Å². The SMILES string of the molecule is COc1cc(/C=C/C(=O)OC(C)C(=O)NCC(F)(F)F)ccc1OCC(N)=O. The second-order valence-electron chi connectivity index (χ2n) is 5.41. The molecule has 0 aromatic heterocycles. The molecule has 1 rings (SSSR count). The zero-order chi connectivity index (χ0) is 21.3. The lowest BCUT2D eigenvalue weighted by Gasteiger charge is -2.13. The molecule has 1 aromatic carbocycles. The zero-order valence-electron chi connectivity index (χ0n) is 15.0. The van der Waals surface area contributed by atoms with Crippen LogP contribution in [0.1, 0.15) is 12.5 Å². The van der Waals surface area contributed by atoms with Crippen molar-refractivity contribution in [3.8, 4) is 11.5 Å². The topological polar surface area (TPSA) is 117 Å². The van der Waals surface area contributed by atoms with Crippen molar-refractivity contribution in [2.75, 3.05) is 20.3 Å². The Morgan fingerprint density at radius 3 is 2.50 bits per heavy atom. The van der Waals surface area contributed by atoms with Gasteiger partial charge in [-0.2, -0.15) is 13.2 Å². The van der Waals surface area contributed by atoms with Gasteiger partial charge < -0.3 is 25.3 Å². The monoisotopic (exact) mass is 404 g/mol. The fraction of sp³-hybridized carbons (Fsp3) is 0.353. The number of carbonyl (C=O) groups is 3. The Kier molecular flexibility index (Phi) is 8.29. The Hall–Kier alpha value is -3.24. The lowest BCUT2D eigenvalue weighted by molar-refractivity contribution is -0.154. The minimum absolute atomic E-state index is 0.260. The molecule has 1 aromatic rings. The molecule has 28 heavy (non-hydrogen) atoms. The van der Waals surface area contributed by atoms with Gasteiger partial charge in [0.2, 0.25) is 0 Å². The molecular formula is C17H19F3N2O6. The zero-order valence-corrected chi connectivity index (χ0v) is 15.0. The van der Waals surface area contributed by atoms with Gasteiger partial charge in [0.15, 0.2) is 24.2 Å². The maximum atomic E-state index is 12.1. The maximum absolute atomic E-state index is 12.1. The summed E-state index contributed by atoms with van der Waals surface area (Å²) < 4.78 is 51.1. The molecule has 0 bridgehead atoms. The molecule has 0 aliphatic heterocycles. The van der Waals surface area contributed by atoms with Crippen LogP contribution in [0.3, 0.4) is 0 Å². The number of nitrogens with two attached hydrogens (primary N) is 1. The summed E-state index contributed by atoms with van der Waals surface area (Å²) in [6.07, 6.45) is -3.64. The van der Waals surface area contributed by atoms with Gasteiger partial charge in [-0.25, -0.2) is 4.79 Å². The second kappa shape index (κ2) is 10.2. The van der Waals surface area contributed by atoms with Crippen molar-refractivity contribution in [1.29, 1.82) is 0 Å². The Bertz CT molecular complexity index is 749. The van der Waals surface area contributed by atoms with E-state index in [1.54, 1.807) is 11.4 Å². The van der Waals surface area contributed by atoms with Crippen molar-refractivity contribution in [2.24, 2.45) is 5.73 Å². The van der Waals surface area contributed by atoms with Gasteiger partial charge in [-0.05, 0) is 30.7 Å². The molecular weight excluding hydrogens is 385 g/mol. The molecule has 0 saturated carbocycles. The van der Waals surface area contributed by atoms with Crippen LogP contribution in [-0.4, -0.2) is 50.3 Å². The number of hydrogen-bond acceptors (Lipinski definition) is 6. The van der Waals surface area contributed by atoms with Gasteiger partial charge in [0.05, 0.1) is 7.11 Å². The standard InChI is InChI=1S/C17H19F3N2O6/c1-10(16(25)22-9-17(18,19)20)28-15(24)6-4-11-3-5-12(13(7-11)26-2)27-8-14(21)23/h3-7,10H,8-9H2,1-2H3,(H2,21,23)(H,22,25)/b6-4+. The molecule has 2 amide bonds. The highest BCUT2D eigenvalue weighted by atomic mass is 19.4. The number of benzene rings is 1. The van der Waals surface area contributed by atoms with Gasteiger partial charge in [-0.3, -0.25) is 9.59 Å². The van der Waals surface area contributed by atoms with Gasteiger partial charge in [0, 0.05) is 6.08 Å². The van der Waals surface area contributed by atoms with Crippen LogP contribution >= 0.6 is 0 Å². The molecule has 154 valence electrons. The van der Waals surface area contributed by atoms with E-state index in [0.29, 0.717) is 5.56 Å². The summed E-state index contributed by atoms with van der Waals surface area (Å²) in [6, 6.07) is 4.53. The van der Waals surface area contributed by atoms with Crippen LogP contribution in [0, 0.1) is 0 Å². The molecule has 1 unspecified atom stereocenters. The molecule has 1 atom stereocenters. The first-order chi connectivity index (χ1) is 13.0. The number of primary amides is 1. The van der Waals surface area contributed by atoms with E-state index in [1.807, 2.05) is 0 Å². The number of alkyl halides is 3. The van der Waals surface area contributed by atoms with E-state index in [9.17, 15) is 27.6 Å². The second-order valence-corrected chi connectivity index (χ2v) is 5.41. The van der Waals surface area contributed by atoms with Gasteiger partial charge in [0.25, 0.3) is 11.8 Å². The smallest absolute Gasteiger partial charge is 0.405 e. The number of methoxy groups -OCH3 is 1. The van der Waals surface area contributed by atoms with Gasteiger partial charge in [-0.1, -0.05) is 6.07 Å². The molecule has 0 aliphatic carbocycles. The molecule has 0 radical (unpaired) electrons. The summed E-state index contributed by atoms with van der Waals surface area (Å²) in [5, 5.41) is 1.61. The van der Waals surface area contributed by atoms with E-state index < -0.39 is 36.6 Å². The first-order valence-corrected chi connectivity index (χ1v) is 7.84. The van der Waals surface area contributed by atoms with Crippen molar-refractivity contribution in [2.45, 2.75) is 19.2 Å². The number of hydrogen-bond donors (Lipinski definition) is 2. The van der Waals surface area contributed by atoms with E-state index in [1.165, 1.54) is 25.3 Å². The Morgan fingerprint density at radius 2 is 1.93 bits per heavy atom. The first-order valence-electron chi connectivity index (χ1n) is 7.84. The van der Waals surface area contributed by atoms with E-state index in [4.69, 9.17) is 19.9 Å². The minimum Gasteiger partial charge on any atom is -0.493 e. The van der Waals surface area contributed by atoms with Crippen LogP contribution in [0.2, 0.25) is 0 Å². The van der Waals surface area contributed by atoms with E-state index in [2.05, 4.69) is 0 Å². The van der Waals surface area contributed by atoms with Crippen molar-refractivity contribution < 1.29 is 41.8 Å². The van der Waals surface area contributed by atoms with Crippen LogP contribution in [0.5, 0.6) is 11.5 Å². The molecule has 3 N–H and O–H groups in total. The van der Waals surface area contributed by atoms with Crippen molar-refractivity contribution in [3.63, 3.8) is 0 Å². The molecule has 0 fully saturated rings. The summed E-state index contributed by atoms with van der Waals surface area (Å²) >= 11 is 0. The largest absolute Gasteiger partial charge is 0.493 e. The summed E-state index contributed by atoms with van der Waals surface area (Å²) in [5.41, 5.74) is 5.49. The van der Waals surface area contributed by atoms with Crippen LogP contribution in [0.25, 0.3) is 6.08 Å². The van der Waals surface area contributed by atoms with Gasteiger partial charge in [-0.15, -0.1) is 0 Å². The summed E-state index contributed by atoms with van der Waals surface area (Å²) in [5.74, 6) is -2.13. The lowest BCUT2D eigenvalue weighted by Crippen LogP contribution is -2.40. The predicted octanol–water partition coefficient (Wildman–Crippen LogP) is 1.18. The van der Waals surface area contributed by atoms with Crippen molar-refractivity contribution in [1.82, 2.24) is 5.32 Å². The molecule has 11 heteroatoms. The Morgan fingerprint density at radius 1 is 1.25 bits per heavy atom. The quantitative estimate of drug-likeness (QED) is 0.472. The average molecular weight is 404 g/mol. The third-order valence-corrected chi connectivity index (χ3v) is 3.09. The number of halogens is 3. The number of ether oxygens (including phenoxy) is 3. The van der Waals surface area contributed by atoms with Gasteiger partial charge >= 0.3 is 12.1 Å². The maximum Gasteiger partial charge on any atom is 0.405 e. The number of amides is 2. The van der Waals surface area contributed by atoms with Gasteiger partial charge in [0.1, 0.15) is 6.54 Å². The minimum atomic E-state index is -4.56. The van der Waals surface area contributed by atoms with Crippen LogP contribution in [0.15, 0.2) is 24.3 Å². The van der Waals surface area contributed by atoms with Crippen LogP contribution < -0.4 is 20.5 Å². The fourth-order valence-corrected chi connectivity index (χ4v) is 1.82. The molecule has 8 nitrogen and oxygen atoms in total. The molecule has 0 spiro atoms. The highest BCUT2D eigenvalue weighted by Crippen LogP contribution is 2.28. The highest BCUT2D eigenvalue weighted by molar-refractivity contribution is 5.90. The van der Waals surface area contributed by atoms with E-state index in [-0.39, 0.29) is 18.1 Å². The van der Waals surface area contributed by atoms with Crippen molar-refractivity contribution in [3.05, 3.63) is 29.8 Å². The third-order valence-electron chi connectivity index (χ3n) is 3.09. The molecule has 0 heterocycles. The summed E-state index contributed by atoms with van der Waals surface area (Å²) in [6.45, 7) is -0.717. The molecule has 0 aliphatic rings. The average Bonchev–Trinajstić information content (AvgIpc) is 2.62. The van der Waals surface area contributed by atoms with Crippen molar-refractivity contribution >= 4 is 23.9 Å². The number of esters is 1. The van der Waals surface area contributed by atoms with E-state index in [0.717, 1.165) is 13.0 Å². The summed E-state index contributed by atoms with van der Waals surface area (Å²) in [4.78, 5) is 33.9. The summed E-state index contributed by atoms with van der Waals surface area (Å²) in [7, 11) is 1.37. The number of carbonyl (C=O) groups excluding carboxylic acids is 3. The number of rotatable bonds is 9. The Balaban J connectivity index is 2.66. The fourth-order valence-electron chi connectivity index (χ4n) is 1.82. The Labute approximate surface area is 158 Å². The lowest BCUT2D eigenvalue weighted by atomic mass is 10.2. The molecule has 0 saturated heterocycles. The predicted molar refractivity (Wildman–Crippen MR) is 91.3 cm³/mol. The third kappa shape index (κ3) is 8.43. The highest BCUT2D eigenvalue weighted by Gasteiger charge is 2.29. The van der Waals surface area contributed by atoms with Crippen LogP contribution in [0.4, 0.5) is 13.2 Å². The first kappa shape index (κ1) is 22.8.